The Balaban J connectivity index is 2.11. The van der Waals surface area contributed by atoms with Crippen molar-refractivity contribution in [2.45, 2.75) is 12.8 Å². The Hall–Kier alpha value is -1.26. The molecule has 0 saturated carbocycles. The normalized spacial score (nSPS) is 12.4. The summed E-state index contributed by atoms with van der Waals surface area (Å²) in [6.45, 7) is 0.433. The van der Waals surface area contributed by atoms with Crippen molar-refractivity contribution in [1.82, 2.24) is 0 Å². The SMILES string of the molecule is NCC(Cc1cccc(Br)c1)Cc1cccc(F)c1F. The molecular weight excluding hydrogens is 324 g/mol. The number of benzene rings is 2. The van der Waals surface area contributed by atoms with Gasteiger partial charge >= 0.3 is 0 Å². The predicted molar refractivity (Wildman–Crippen MR) is 80.5 cm³/mol. The second-order valence-corrected chi connectivity index (χ2v) is 5.77. The summed E-state index contributed by atoms with van der Waals surface area (Å²) in [5, 5.41) is 0. The molecule has 2 aromatic carbocycles. The zero-order chi connectivity index (χ0) is 14.5. The molecule has 1 atom stereocenters. The lowest BCUT2D eigenvalue weighted by Gasteiger charge is -2.15. The molecule has 0 aliphatic heterocycles. The molecule has 106 valence electrons. The smallest absolute Gasteiger partial charge is 0.162 e. The highest BCUT2D eigenvalue weighted by atomic mass is 79.9. The lowest BCUT2D eigenvalue weighted by Crippen LogP contribution is -2.20. The van der Waals surface area contributed by atoms with E-state index in [1.54, 1.807) is 6.07 Å². The third-order valence-electron chi connectivity index (χ3n) is 3.29. The molecule has 0 amide bonds. The quantitative estimate of drug-likeness (QED) is 0.872. The Bertz CT molecular complexity index is 586. The van der Waals surface area contributed by atoms with Crippen LogP contribution in [0.15, 0.2) is 46.9 Å². The van der Waals surface area contributed by atoms with E-state index < -0.39 is 11.6 Å². The minimum atomic E-state index is -0.805. The van der Waals surface area contributed by atoms with Crippen LogP contribution < -0.4 is 5.73 Å². The van der Waals surface area contributed by atoms with Gasteiger partial charge in [0.1, 0.15) is 0 Å². The van der Waals surface area contributed by atoms with Crippen LogP contribution in [-0.4, -0.2) is 6.54 Å². The lowest BCUT2D eigenvalue weighted by atomic mass is 9.92. The molecule has 1 unspecified atom stereocenters. The summed E-state index contributed by atoms with van der Waals surface area (Å²) in [4.78, 5) is 0. The van der Waals surface area contributed by atoms with Crippen LogP contribution in [0.4, 0.5) is 8.78 Å². The van der Waals surface area contributed by atoms with Crippen molar-refractivity contribution in [1.29, 1.82) is 0 Å². The zero-order valence-corrected chi connectivity index (χ0v) is 12.5. The van der Waals surface area contributed by atoms with Gasteiger partial charge in [-0.15, -0.1) is 0 Å². The van der Waals surface area contributed by atoms with Crippen molar-refractivity contribution in [3.8, 4) is 0 Å². The first-order chi connectivity index (χ1) is 9.60. The average Bonchev–Trinajstić information content (AvgIpc) is 2.43. The van der Waals surface area contributed by atoms with Crippen LogP contribution in [0, 0.1) is 17.6 Å². The topological polar surface area (TPSA) is 26.0 Å². The van der Waals surface area contributed by atoms with Gasteiger partial charge in [-0.25, -0.2) is 8.78 Å². The standard InChI is InChI=1S/C16H16BrF2N/c17-14-5-1-3-11(9-14)7-12(10-20)8-13-4-2-6-15(18)16(13)19/h1-6,9,12H,7-8,10,20H2. The van der Waals surface area contributed by atoms with Gasteiger partial charge in [0, 0.05) is 4.47 Å². The third-order valence-corrected chi connectivity index (χ3v) is 3.78. The van der Waals surface area contributed by atoms with Gasteiger partial charge in [0.05, 0.1) is 0 Å². The third kappa shape index (κ3) is 3.87. The first kappa shape index (κ1) is 15.1. The molecular formula is C16H16BrF2N. The molecule has 0 radical (unpaired) electrons. The predicted octanol–water partition coefficient (Wildman–Crippen LogP) is 4.09. The Labute approximate surface area is 125 Å². The van der Waals surface area contributed by atoms with Gasteiger partial charge < -0.3 is 5.73 Å². The van der Waals surface area contributed by atoms with E-state index in [1.807, 2.05) is 24.3 Å². The molecule has 0 aliphatic rings. The van der Waals surface area contributed by atoms with Gasteiger partial charge in [-0.1, -0.05) is 40.2 Å². The zero-order valence-electron chi connectivity index (χ0n) is 11.0. The molecule has 2 aromatic rings. The molecule has 2 N–H and O–H groups in total. The van der Waals surface area contributed by atoms with Gasteiger partial charge in [-0.3, -0.25) is 0 Å². The Morgan fingerprint density at radius 1 is 1.05 bits per heavy atom. The highest BCUT2D eigenvalue weighted by Crippen LogP contribution is 2.20. The van der Waals surface area contributed by atoms with E-state index in [1.165, 1.54) is 6.07 Å². The maximum absolute atomic E-state index is 13.7. The van der Waals surface area contributed by atoms with Crippen molar-refractivity contribution in [2.24, 2.45) is 11.7 Å². The monoisotopic (exact) mass is 339 g/mol. The fraction of sp³-hybridized carbons (Fsp3) is 0.250. The summed E-state index contributed by atoms with van der Waals surface area (Å²) < 4.78 is 27.9. The summed E-state index contributed by atoms with van der Waals surface area (Å²) in [5.41, 5.74) is 7.28. The Morgan fingerprint density at radius 2 is 1.80 bits per heavy atom. The van der Waals surface area contributed by atoms with Crippen LogP contribution in [0.5, 0.6) is 0 Å². The van der Waals surface area contributed by atoms with Crippen LogP contribution >= 0.6 is 15.9 Å². The second-order valence-electron chi connectivity index (χ2n) is 4.85. The Kier molecular flexibility index (Phi) is 5.26. The second kappa shape index (κ2) is 6.95. The molecule has 0 aliphatic carbocycles. The van der Waals surface area contributed by atoms with E-state index in [2.05, 4.69) is 15.9 Å². The van der Waals surface area contributed by atoms with Crippen LogP contribution in [0.2, 0.25) is 0 Å². The molecule has 0 saturated heterocycles. The molecule has 0 aromatic heterocycles. The maximum Gasteiger partial charge on any atom is 0.162 e. The van der Waals surface area contributed by atoms with Crippen LogP contribution in [0.1, 0.15) is 11.1 Å². The lowest BCUT2D eigenvalue weighted by molar-refractivity contribution is 0.473. The van der Waals surface area contributed by atoms with Crippen LogP contribution in [-0.2, 0) is 12.8 Å². The highest BCUT2D eigenvalue weighted by molar-refractivity contribution is 9.10. The van der Waals surface area contributed by atoms with Crippen molar-refractivity contribution < 1.29 is 8.78 Å². The maximum atomic E-state index is 13.7. The first-order valence-electron chi connectivity index (χ1n) is 6.47. The van der Waals surface area contributed by atoms with E-state index in [4.69, 9.17) is 5.73 Å². The van der Waals surface area contributed by atoms with E-state index in [-0.39, 0.29) is 5.92 Å². The minimum absolute atomic E-state index is 0.0839. The van der Waals surface area contributed by atoms with E-state index >= 15 is 0 Å². The van der Waals surface area contributed by atoms with Gasteiger partial charge in [-0.05, 0) is 54.6 Å². The summed E-state index contributed by atoms with van der Waals surface area (Å²) in [6, 6.07) is 12.2. The summed E-state index contributed by atoms with van der Waals surface area (Å²) >= 11 is 3.42. The molecule has 0 heterocycles. The van der Waals surface area contributed by atoms with Gasteiger partial charge in [0.2, 0.25) is 0 Å². The molecule has 2 rings (SSSR count). The van der Waals surface area contributed by atoms with Gasteiger partial charge in [0.25, 0.3) is 0 Å². The van der Waals surface area contributed by atoms with Crippen molar-refractivity contribution in [3.05, 3.63) is 69.7 Å². The van der Waals surface area contributed by atoms with Gasteiger partial charge in [0.15, 0.2) is 11.6 Å². The fourth-order valence-electron chi connectivity index (χ4n) is 2.25. The van der Waals surface area contributed by atoms with Gasteiger partial charge in [-0.2, -0.15) is 0 Å². The molecule has 0 spiro atoms. The Morgan fingerprint density at radius 3 is 2.50 bits per heavy atom. The number of hydrogen-bond acceptors (Lipinski definition) is 1. The number of nitrogens with two attached hydrogens (primary N) is 1. The molecule has 4 heteroatoms. The van der Waals surface area contributed by atoms with E-state index in [0.29, 0.717) is 18.5 Å². The molecule has 0 fully saturated rings. The summed E-state index contributed by atoms with van der Waals surface area (Å²) in [6.07, 6.45) is 1.18. The molecule has 1 nitrogen and oxygen atoms in total. The first-order valence-corrected chi connectivity index (χ1v) is 7.27. The number of hydrogen-bond donors (Lipinski definition) is 1. The van der Waals surface area contributed by atoms with Crippen LogP contribution in [0.25, 0.3) is 0 Å². The van der Waals surface area contributed by atoms with Crippen LogP contribution in [0.3, 0.4) is 0 Å². The molecule has 0 bridgehead atoms. The van der Waals surface area contributed by atoms with Crippen molar-refractivity contribution >= 4 is 15.9 Å². The minimum Gasteiger partial charge on any atom is -0.330 e. The molecule has 20 heavy (non-hydrogen) atoms. The summed E-state index contributed by atoms with van der Waals surface area (Å²) in [7, 11) is 0. The number of rotatable bonds is 5. The summed E-state index contributed by atoms with van der Waals surface area (Å²) in [5.74, 6) is -1.48. The van der Waals surface area contributed by atoms with Crippen molar-refractivity contribution in [3.63, 3.8) is 0 Å². The highest BCUT2D eigenvalue weighted by Gasteiger charge is 2.14. The number of halogens is 3. The van der Waals surface area contributed by atoms with E-state index in [9.17, 15) is 8.78 Å². The average molecular weight is 340 g/mol. The fourth-order valence-corrected chi connectivity index (χ4v) is 2.70. The van der Waals surface area contributed by atoms with Crippen molar-refractivity contribution in [2.75, 3.05) is 6.54 Å². The largest absolute Gasteiger partial charge is 0.330 e. The van der Waals surface area contributed by atoms with E-state index in [0.717, 1.165) is 22.5 Å².